The minimum Gasteiger partial charge on any atom is -0.508 e. The maximum atomic E-state index is 13.4. The Bertz CT molecular complexity index is 576. The summed E-state index contributed by atoms with van der Waals surface area (Å²) in [4.78, 5) is 15.9. The highest BCUT2D eigenvalue weighted by Gasteiger charge is 2.11. The van der Waals surface area contributed by atoms with Gasteiger partial charge < -0.3 is 10.4 Å². The number of nitrogens with zero attached hydrogens (tertiary/aromatic N) is 1. The van der Waals surface area contributed by atoms with E-state index in [9.17, 15) is 9.18 Å². The third-order valence-corrected chi connectivity index (χ3v) is 4.49. The van der Waals surface area contributed by atoms with E-state index in [1.54, 1.807) is 29.3 Å². The molecule has 1 heterocycles. The van der Waals surface area contributed by atoms with Crippen molar-refractivity contribution in [2.75, 3.05) is 12.3 Å². The first-order valence-corrected chi connectivity index (χ1v) is 7.82. The zero-order chi connectivity index (χ0) is 14.4. The van der Waals surface area contributed by atoms with Crippen LogP contribution in [0.2, 0.25) is 0 Å². The molecular formula is C13H13FN2O2S2. The number of hydrogen-bond acceptors (Lipinski definition) is 5. The molecule has 0 spiro atoms. The highest BCUT2D eigenvalue weighted by atomic mass is 32.2. The minimum atomic E-state index is -0.723. The lowest BCUT2D eigenvalue weighted by molar-refractivity contribution is 0.0950. The largest absolute Gasteiger partial charge is 0.508 e. The van der Waals surface area contributed by atoms with Crippen molar-refractivity contribution in [3.8, 4) is 5.75 Å². The fourth-order valence-electron chi connectivity index (χ4n) is 1.50. The number of thiazole rings is 1. The molecule has 0 aliphatic heterocycles. The van der Waals surface area contributed by atoms with Gasteiger partial charge in [-0.1, -0.05) is 11.8 Å². The Morgan fingerprint density at radius 2 is 2.35 bits per heavy atom. The lowest BCUT2D eigenvalue weighted by Crippen LogP contribution is -2.25. The van der Waals surface area contributed by atoms with E-state index >= 15 is 0 Å². The number of phenolic OH excluding ortho intramolecular Hbond substituents is 1. The number of benzene rings is 1. The molecule has 0 bridgehead atoms. The average molecular weight is 312 g/mol. The van der Waals surface area contributed by atoms with Gasteiger partial charge in [0.05, 0.1) is 5.56 Å². The van der Waals surface area contributed by atoms with E-state index in [1.807, 2.05) is 5.38 Å². The molecule has 1 aromatic carbocycles. The number of aromatic nitrogens is 1. The summed E-state index contributed by atoms with van der Waals surface area (Å²) in [6.45, 7) is 0.470. The van der Waals surface area contributed by atoms with Crippen molar-refractivity contribution in [3.05, 3.63) is 41.2 Å². The first-order chi connectivity index (χ1) is 9.66. The van der Waals surface area contributed by atoms with Crippen molar-refractivity contribution in [2.24, 2.45) is 0 Å². The predicted octanol–water partition coefficient (Wildman–Crippen LogP) is 2.90. The van der Waals surface area contributed by atoms with Gasteiger partial charge in [0.25, 0.3) is 5.91 Å². The topological polar surface area (TPSA) is 62.2 Å². The fraction of sp³-hybridized carbons (Fsp3) is 0.231. The summed E-state index contributed by atoms with van der Waals surface area (Å²) in [5, 5.41) is 13.6. The number of rotatable bonds is 6. The van der Waals surface area contributed by atoms with Crippen LogP contribution in [0.1, 0.15) is 16.8 Å². The monoisotopic (exact) mass is 312 g/mol. The van der Waals surface area contributed by atoms with Gasteiger partial charge in [0, 0.05) is 29.9 Å². The molecule has 0 radical (unpaired) electrons. The smallest absolute Gasteiger partial charge is 0.254 e. The van der Waals surface area contributed by atoms with Crippen LogP contribution in [0, 0.1) is 5.82 Å². The predicted molar refractivity (Wildman–Crippen MR) is 77.9 cm³/mol. The summed E-state index contributed by atoms with van der Waals surface area (Å²) >= 11 is 3.21. The number of carbonyl (C=O) groups excluding carboxylic acids is 1. The number of phenols is 1. The Morgan fingerprint density at radius 3 is 3.05 bits per heavy atom. The molecule has 0 aliphatic rings. The molecule has 2 N–H and O–H groups in total. The van der Waals surface area contributed by atoms with Gasteiger partial charge in [0.15, 0.2) is 0 Å². The van der Waals surface area contributed by atoms with Crippen molar-refractivity contribution in [1.29, 1.82) is 0 Å². The second kappa shape index (κ2) is 7.25. The molecule has 0 aliphatic carbocycles. The third kappa shape index (κ3) is 4.21. The molecule has 2 rings (SSSR count). The number of thioether (sulfide) groups is 1. The first-order valence-electron chi connectivity index (χ1n) is 5.96. The molecule has 7 heteroatoms. The molecule has 0 atom stereocenters. The van der Waals surface area contributed by atoms with Gasteiger partial charge in [-0.15, -0.1) is 11.3 Å². The quantitative estimate of drug-likeness (QED) is 0.636. The highest BCUT2D eigenvalue weighted by Crippen LogP contribution is 2.20. The van der Waals surface area contributed by atoms with Gasteiger partial charge in [-0.2, -0.15) is 0 Å². The Hall–Kier alpha value is -1.60. The molecule has 20 heavy (non-hydrogen) atoms. The first kappa shape index (κ1) is 14.8. The molecule has 0 unspecified atom stereocenters. The Morgan fingerprint density at radius 1 is 1.50 bits per heavy atom. The van der Waals surface area contributed by atoms with Crippen LogP contribution in [-0.2, 0) is 0 Å². The van der Waals surface area contributed by atoms with Gasteiger partial charge in [-0.3, -0.25) is 4.79 Å². The second-order valence-corrected chi connectivity index (χ2v) is 6.16. The molecule has 2 aromatic rings. The summed E-state index contributed by atoms with van der Waals surface area (Å²) in [5.74, 6) is -0.549. The summed E-state index contributed by atoms with van der Waals surface area (Å²) in [6.07, 6.45) is 2.53. The van der Waals surface area contributed by atoms with Crippen LogP contribution in [0.4, 0.5) is 4.39 Å². The van der Waals surface area contributed by atoms with Crippen LogP contribution >= 0.6 is 23.1 Å². The Kier molecular flexibility index (Phi) is 5.37. The van der Waals surface area contributed by atoms with E-state index in [2.05, 4.69) is 10.3 Å². The zero-order valence-electron chi connectivity index (χ0n) is 10.5. The third-order valence-electron chi connectivity index (χ3n) is 2.44. The van der Waals surface area contributed by atoms with Crippen LogP contribution in [0.3, 0.4) is 0 Å². The average Bonchev–Trinajstić information content (AvgIpc) is 2.91. The molecule has 1 amide bonds. The summed E-state index contributed by atoms with van der Waals surface area (Å²) < 4.78 is 14.4. The summed E-state index contributed by atoms with van der Waals surface area (Å²) in [7, 11) is 0. The van der Waals surface area contributed by atoms with Crippen LogP contribution in [-0.4, -0.2) is 28.3 Å². The number of aromatic hydroxyl groups is 1. The number of amides is 1. The lowest BCUT2D eigenvalue weighted by atomic mass is 10.2. The Labute approximate surface area is 124 Å². The van der Waals surface area contributed by atoms with Crippen LogP contribution in [0.5, 0.6) is 5.75 Å². The lowest BCUT2D eigenvalue weighted by Gasteiger charge is -2.06. The summed E-state index contributed by atoms with van der Waals surface area (Å²) in [5.41, 5.74) is -0.0598. The van der Waals surface area contributed by atoms with Crippen LogP contribution in [0.15, 0.2) is 34.1 Å². The van der Waals surface area contributed by atoms with E-state index < -0.39 is 11.7 Å². The number of halogens is 1. The SMILES string of the molecule is O=C(NCCCSc1nccs1)c1ccc(O)cc1F. The maximum absolute atomic E-state index is 13.4. The normalized spacial score (nSPS) is 10.4. The van der Waals surface area contributed by atoms with Crippen molar-refractivity contribution < 1.29 is 14.3 Å². The van der Waals surface area contributed by atoms with Crippen molar-refractivity contribution >= 4 is 29.0 Å². The maximum Gasteiger partial charge on any atom is 0.254 e. The standard InChI is InChI=1S/C13H13FN2O2S2/c14-11-8-9(17)2-3-10(11)12(18)15-4-1-6-19-13-16-5-7-20-13/h2-3,5,7-8,17H,1,4,6H2,(H,15,18). The van der Waals surface area contributed by atoms with Gasteiger partial charge in [0.1, 0.15) is 15.9 Å². The fourth-order valence-corrected chi connectivity index (χ4v) is 3.15. The van der Waals surface area contributed by atoms with E-state index in [1.165, 1.54) is 12.1 Å². The van der Waals surface area contributed by atoms with Gasteiger partial charge in [-0.25, -0.2) is 9.37 Å². The molecule has 106 valence electrons. The van der Waals surface area contributed by atoms with Crippen LogP contribution in [0.25, 0.3) is 0 Å². The molecule has 4 nitrogen and oxygen atoms in total. The molecule has 0 saturated carbocycles. The minimum absolute atomic E-state index is 0.0598. The van der Waals surface area contributed by atoms with Gasteiger partial charge in [-0.05, 0) is 18.6 Å². The Balaban J connectivity index is 1.72. The van der Waals surface area contributed by atoms with Crippen molar-refractivity contribution in [3.63, 3.8) is 0 Å². The zero-order valence-corrected chi connectivity index (χ0v) is 12.1. The van der Waals surface area contributed by atoms with E-state index in [-0.39, 0.29) is 11.3 Å². The van der Waals surface area contributed by atoms with Crippen molar-refractivity contribution in [1.82, 2.24) is 10.3 Å². The van der Waals surface area contributed by atoms with E-state index in [0.717, 1.165) is 22.6 Å². The molecule has 0 fully saturated rings. The van der Waals surface area contributed by atoms with E-state index in [4.69, 9.17) is 5.11 Å². The highest BCUT2D eigenvalue weighted by molar-refractivity contribution is 8.00. The van der Waals surface area contributed by atoms with Crippen LogP contribution < -0.4 is 5.32 Å². The molecule has 1 aromatic heterocycles. The summed E-state index contributed by atoms with van der Waals surface area (Å²) in [6, 6.07) is 3.48. The molecule has 0 saturated heterocycles. The van der Waals surface area contributed by atoms with Gasteiger partial charge in [0.2, 0.25) is 0 Å². The number of carbonyl (C=O) groups is 1. The van der Waals surface area contributed by atoms with Gasteiger partial charge >= 0.3 is 0 Å². The van der Waals surface area contributed by atoms with E-state index in [0.29, 0.717) is 6.54 Å². The second-order valence-electron chi connectivity index (χ2n) is 3.92. The molecular weight excluding hydrogens is 299 g/mol. The van der Waals surface area contributed by atoms with Crippen molar-refractivity contribution in [2.45, 2.75) is 10.8 Å². The number of nitrogens with one attached hydrogen (secondary N) is 1. The number of hydrogen-bond donors (Lipinski definition) is 2.